The number of aromatic carboxylic acids is 1. The molecule has 1 aromatic carbocycles. The van der Waals surface area contributed by atoms with Gasteiger partial charge in [-0.2, -0.15) is 0 Å². The molecule has 0 bridgehead atoms. The van der Waals surface area contributed by atoms with Gasteiger partial charge < -0.3 is 20.3 Å². The molecular weight excluding hydrogens is 260 g/mol. The molecule has 0 aliphatic rings. The molecule has 1 aromatic heterocycles. The fourth-order valence-corrected chi connectivity index (χ4v) is 2.12. The standard InChI is InChI=1S/C14H16N2O4/c1-19-10-3-4-11(20-2)13-12(10)9(14(17)18)7-8(16-13)5-6-15/h3-4,7H,5-6,15H2,1-2H3,(H,17,18). The Hall–Kier alpha value is -2.34. The zero-order valence-corrected chi connectivity index (χ0v) is 11.3. The van der Waals surface area contributed by atoms with E-state index in [9.17, 15) is 9.90 Å². The summed E-state index contributed by atoms with van der Waals surface area (Å²) >= 11 is 0. The van der Waals surface area contributed by atoms with Gasteiger partial charge in [0.1, 0.15) is 17.0 Å². The number of aromatic nitrogens is 1. The number of carbonyl (C=O) groups is 1. The van der Waals surface area contributed by atoms with Crippen molar-refractivity contribution >= 4 is 16.9 Å². The molecule has 0 aliphatic carbocycles. The number of hydrogen-bond acceptors (Lipinski definition) is 5. The Morgan fingerprint density at radius 1 is 1.30 bits per heavy atom. The molecule has 0 saturated heterocycles. The largest absolute Gasteiger partial charge is 0.496 e. The first-order valence-corrected chi connectivity index (χ1v) is 6.10. The van der Waals surface area contributed by atoms with Crippen molar-refractivity contribution in [2.45, 2.75) is 6.42 Å². The first kappa shape index (κ1) is 14.1. The lowest BCUT2D eigenvalue weighted by Gasteiger charge is -2.12. The molecule has 3 N–H and O–H groups in total. The van der Waals surface area contributed by atoms with Crippen LogP contribution >= 0.6 is 0 Å². The SMILES string of the molecule is COc1ccc(OC)c2c(C(=O)O)cc(CCN)nc12. The molecule has 0 atom stereocenters. The lowest BCUT2D eigenvalue weighted by atomic mass is 10.0. The molecule has 1 heterocycles. The second kappa shape index (κ2) is 5.75. The average Bonchev–Trinajstić information content (AvgIpc) is 2.45. The van der Waals surface area contributed by atoms with E-state index in [2.05, 4.69) is 4.98 Å². The first-order chi connectivity index (χ1) is 9.62. The van der Waals surface area contributed by atoms with Gasteiger partial charge in [0, 0.05) is 12.1 Å². The van der Waals surface area contributed by atoms with Gasteiger partial charge in [-0.15, -0.1) is 0 Å². The summed E-state index contributed by atoms with van der Waals surface area (Å²) in [5.41, 5.74) is 6.73. The number of benzene rings is 1. The molecule has 0 saturated carbocycles. The number of hydrogen-bond donors (Lipinski definition) is 2. The van der Waals surface area contributed by atoms with Crippen LogP contribution in [-0.2, 0) is 6.42 Å². The van der Waals surface area contributed by atoms with Crippen LogP contribution in [0, 0.1) is 0 Å². The highest BCUT2D eigenvalue weighted by molar-refractivity contribution is 6.07. The fourth-order valence-electron chi connectivity index (χ4n) is 2.12. The van der Waals surface area contributed by atoms with E-state index in [4.69, 9.17) is 15.2 Å². The molecule has 0 radical (unpaired) electrons. The Morgan fingerprint density at radius 3 is 2.50 bits per heavy atom. The third kappa shape index (κ3) is 2.37. The molecule has 0 aliphatic heterocycles. The van der Waals surface area contributed by atoms with Crippen molar-refractivity contribution in [3.63, 3.8) is 0 Å². The lowest BCUT2D eigenvalue weighted by molar-refractivity contribution is 0.0698. The van der Waals surface area contributed by atoms with Gasteiger partial charge in [0.15, 0.2) is 0 Å². The highest BCUT2D eigenvalue weighted by Gasteiger charge is 2.18. The van der Waals surface area contributed by atoms with Gasteiger partial charge in [0.25, 0.3) is 0 Å². The van der Waals surface area contributed by atoms with E-state index in [1.54, 1.807) is 12.1 Å². The van der Waals surface area contributed by atoms with Gasteiger partial charge in [0.2, 0.25) is 0 Å². The average molecular weight is 276 g/mol. The Kier molecular flexibility index (Phi) is 4.05. The summed E-state index contributed by atoms with van der Waals surface area (Å²) in [4.78, 5) is 15.9. The van der Waals surface area contributed by atoms with Gasteiger partial charge in [0.05, 0.1) is 25.2 Å². The van der Waals surface area contributed by atoms with Gasteiger partial charge in [-0.05, 0) is 24.7 Å². The van der Waals surface area contributed by atoms with Gasteiger partial charge >= 0.3 is 5.97 Å². The summed E-state index contributed by atoms with van der Waals surface area (Å²) in [5.74, 6) is -0.0885. The van der Waals surface area contributed by atoms with Crippen LogP contribution < -0.4 is 15.2 Å². The lowest BCUT2D eigenvalue weighted by Crippen LogP contribution is -2.08. The zero-order valence-electron chi connectivity index (χ0n) is 11.3. The number of methoxy groups -OCH3 is 2. The summed E-state index contributed by atoms with van der Waals surface area (Å²) in [5, 5.41) is 9.83. The van der Waals surface area contributed by atoms with Crippen LogP contribution in [0.25, 0.3) is 10.9 Å². The Bertz CT molecular complexity index is 655. The van der Waals surface area contributed by atoms with Crippen molar-refractivity contribution in [2.24, 2.45) is 5.73 Å². The second-order valence-electron chi connectivity index (χ2n) is 4.20. The van der Waals surface area contributed by atoms with Crippen LogP contribution in [0.5, 0.6) is 11.5 Å². The maximum atomic E-state index is 11.5. The van der Waals surface area contributed by atoms with Crippen LogP contribution in [0.1, 0.15) is 16.1 Å². The van der Waals surface area contributed by atoms with Crippen molar-refractivity contribution in [3.8, 4) is 11.5 Å². The van der Waals surface area contributed by atoms with Crippen LogP contribution in [0.4, 0.5) is 0 Å². The Labute approximate surface area is 116 Å². The van der Waals surface area contributed by atoms with Crippen LogP contribution in [-0.4, -0.2) is 36.8 Å². The zero-order chi connectivity index (χ0) is 14.7. The summed E-state index contributed by atoms with van der Waals surface area (Å²) in [6.45, 7) is 0.393. The molecule has 6 nitrogen and oxygen atoms in total. The number of ether oxygens (including phenoxy) is 2. The molecule has 2 rings (SSSR count). The van der Waals surface area contributed by atoms with E-state index in [0.717, 1.165) is 0 Å². The number of pyridine rings is 1. The van der Waals surface area contributed by atoms with E-state index in [1.807, 2.05) is 0 Å². The monoisotopic (exact) mass is 276 g/mol. The number of rotatable bonds is 5. The third-order valence-electron chi connectivity index (χ3n) is 3.01. The van der Waals surface area contributed by atoms with Crippen molar-refractivity contribution in [1.82, 2.24) is 4.98 Å². The maximum Gasteiger partial charge on any atom is 0.336 e. The second-order valence-corrected chi connectivity index (χ2v) is 4.20. The van der Waals surface area contributed by atoms with Gasteiger partial charge in [-0.3, -0.25) is 0 Å². The Morgan fingerprint density at radius 2 is 1.95 bits per heavy atom. The highest BCUT2D eigenvalue weighted by Crippen LogP contribution is 2.34. The van der Waals surface area contributed by atoms with Crippen LogP contribution in [0.2, 0.25) is 0 Å². The number of nitrogens with two attached hydrogens (primary N) is 1. The number of carboxylic acids is 1. The minimum atomic E-state index is -1.04. The van der Waals surface area contributed by atoms with E-state index in [0.29, 0.717) is 41.1 Å². The first-order valence-electron chi connectivity index (χ1n) is 6.10. The maximum absolute atomic E-state index is 11.5. The molecule has 0 spiro atoms. The smallest absolute Gasteiger partial charge is 0.336 e. The van der Waals surface area contributed by atoms with Crippen molar-refractivity contribution in [2.75, 3.05) is 20.8 Å². The van der Waals surface area contributed by atoms with E-state index < -0.39 is 5.97 Å². The number of carboxylic acid groups (broad SMARTS) is 1. The molecule has 20 heavy (non-hydrogen) atoms. The summed E-state index contributed by atoms with van der Waals surface area (Å²) < 4.78 is 10.5. The fraction of sp³-hybridized carbons (Fsp3) is 0.286. The predicted octanol–water partition coefficient (Wildman–Crippen LogP) is 1.45. The highest BCUT2D eigenvalue weighted by atomic mass is 16.5. The molecule has 6 heteroatoms. The van der Waals surface area contributed by atoms with Crippen molar-refractivity contribution in [1.29, 1.82) is 0 Å². The topological polar surface area (TPSA) is 94.7 Å². The van der Waals surface area contributed by atoms with Crippen molar-refractivity contribution in [3.05, 3.63) is 29.5 Å². The van der Waals surface area contributed by atoms with Crippen LogP contribution in [0.3, 0.4) is 0 Å². The van der Waals surface area contributed by atoms with Gasteiger partial charge in [-0.1, -0.05) is 0 Å². The summed E-state index contributed by atoms with van der Waals surface area (Å²) in [6, 6.07) is 4.89. The van der Waals surface area contributed by atoms with E-state index in [1.165, 1.54) is 20.3 Å². The van der Waals surface area contributed by atoms with E-state index >= 15 is 0 Å². The van der Waals surface area contributed by atoms with E-state index in [-0.39, 0.29) is 5.56 Å². The molecule has 106 valence electrons. The number of fused-ring (bicyclic) bond motifs is 1. The molecule has 0 amide bonds. The van der Waals surface area contributed by atoms with Crippen LogP contribution in [0.15, 0.2) is 18.2 Å². The summed E-state index contributed by atoms with van der Waals surface area (Å²) in [6.07, 6.45) is 0.497. The quantitative estimate of drug-likeness (QED) is 0.858. The molecule has 2 aromatic rings. The minimum absolute atomic E-state index is 0.134. The predicted molar refractivity (Wildman–Crippen MR) is 74.6 cm³/mol. The minimum Gasteiger partial charge on any atom is -0.496 e. The normalized spacial score (nSPS) is 10.6. The van der Waals surface area contributed by atoms with Gasteiger partial charge in [-0.25, -0.2) is 9.78 Å². The third-order valence-corrected chi connectivity index (χ3v) is 3.01. The Balaban J connectivity index is 2.86. The van der Waals surface area contributed by atoms with Crippen molar-refractivity contribution < 1.29 is 19.4 Å². The molecular formula is C14H16N2O4. The number of nitrogens with zero attached hydrogens (tertiary/aromatic N) is 1. The summed E-state index contributed by atoms with van der Waals surface area (Å²) in [7, 11) is 3.00. The molecule has 0 unspecified atom stereocenters. The molecule has 0 fully saturated rings.